The lowest BCUT2D eigenvalue weighted by Crippen LogP contribution is -2.57. The third-order valence-electron chi connectivity index (χ3n) is 4.97. The van der Waals surface area contributed by atoms with Crippen LogP contribution in [0.1, 0.15) is 54.0 Å². The van der Waals surface area contributed by atoms with Crippen LogP contribution in [0.2, 0.25) is 0 Å². The molecule has 0 amide bonds. The first kappa shape index (κ1) is 25.9. The van der Waals surface area contributed by atoms with Crippen LogP contribution in [0.15, 0.2) is 18.2 Å². The summed E-state index contributed by atoms with van der Waals surface area (Å²) in [4.78, 5) is 23.5. The topological polar surface area (TPSA) is 135 Å². The van der Waals surface area contributed by atoms with E-state index in [0.29, 0.717) is 11.4 Å². The van der Waals surface area contributed by atoms with Gasteiger partial charge in [0.1, 0.15) is 18.5 Å². The Hall–Kier alpha value is -2.36. The highest BCUT2D eigenvalue weighted by atomic mass is 16.7. The molecule has 5 atom stereocenters. The standard InChI is InChI=1S/C23H35NO8/c1-12-16(25)18(19(27)28)32-20(17(12)26)31-15-9-8-13(10-14(15)24-23(5,6)7)11-30-21(29)22(2,3)4/h8-10,12,16-18,20,24-26H,11H2,1-7H3,(H,27,28). The Bertz CT molecular complexity index is 826. The molecule has 1 fully saturated rings. The third kappa shape index (κ3) is 6.57. The highest BCUT2D eigenvalue weighted by Gasteiger charge is 2.46. The Labute approximate surface area is 188 Å². The van der Waals surface area contributed by atoms with Gasteiger partial charge < -0.3 is 34.8 Å². The summed E-state index contributed by atoms with van der Waals surface area (Å²) in [6.45, 7) is 12.8. The average molecular weight is 454 g/mol. The Morgan fingerprint density at radius 1 is 1.09 bits per heavy atom. The number of hydrogen-bond donors (Lipinski definition) is 4. The SMILES string of the molecule is CC1C(O)C(Oc2ccc(COC(=O)C(C)(C)C)cc2NC(C)(C)C)OC(C(=O)O)C1O. The van der Waals surface area contributed by atoms with Gasteiger partial charge in [-0.2, -0.15) is 0 Å². The number of benzene rings is 1. The summed E-state index contributed by atoms with van der Waals surface area (Å²) in [5.74, 6) is -2.12. The van der Waals surface area contributed by atoms with Crippen molar-refractivity contribution in [3.8, 4) is 5.75 Å². The van der Waals surface area contributed by atoms with E-state index in [9.17, 15) is 24.9 Å². The molecular formula is C23H35NO8. The fourth-order valence-corrected chi connectivity index (χ4v) is 3.09. The molecule has 0 radical (unpaired) electrons. The summed E-state index contributed by atoms with van der Waals surface area (Å²) in [7, 11) is 0. The molecule has 32 heavy (non-hydrogen) atoms. The number of aliphatic hydroxyl groups is 2. The second-order valence-corrected chi connectivity index (χ2v) is 10.3. The van der Waals surface area contributed by atoms with E-state index in [1.807, 2.05) is 20.8 Å². The van der Waals surface area contributed by atoms with Gasteiger partial charge in [0.2, 0.25) is 6.29 Å². The van der Waals surface area contributed by atoms with Gasteiger partial charge in [0.15, 0.2) is 6.10 Å². The van der Waals surface area contributed by atoms with Gasteiger partial charge in [-0.1, -0.05) is 13.0 Å². The summed E-state index contributed by atoms with van der Waals surface area (Å²) in [6, 6.07) is 5.11. The van der Waals surface area contributed by atoms with E-state index < -0.39 is 41.9 Å². The van der Waals surface area contributed by atoms with E-state index in [4.69, 9.17) is 14.2 Å². The largest absolute Gasteiger partial charge is 0.479 e. The number of hydrogen-bond acceptors (Lipinski definition) is 8. The Balaban J connectivity index is 2.27. The van der Waals surface area contributed by atoms with Crippen molar-refractivity contribution in [1.82, 2.24) is 0 Å². The van der Waals surface area contributed by atoms with Crippen molar-refractivity contribution in [2.45, 2.75) is 85.2 Å². The Morgan fingerprint density at radius 2 is 1.72 bits per heavy atom. The number of anilines is 1. The van der Waals surface area contributed by atoms with Crippen LogP contribution in [0.5, 0.6) is 5.75 Å². The molecule has 4 N–H and O–H groups in total. The van der Waals surface area contributed by atoms with Gasteiger partial charge in [0, 0.05) is 11.5 Å². The lowest BCUT2D eigenvalue weighted by atomic mass is 9.90. The van der Waals surface area contributed by atoms with Crippen LogP contribution >= 0.6 is 0 Å². The quantitative estimate of drug-likeness (QED) is 0.479. The van der Waals surface area contributed by atoms with Gasteiger partial charge in [-0.3, -0.25) is 4.79 Å². The number of esters is 1. The first-order valence-corrected chi connectivity index (χ1v) is 10.6. The molecule has 9 nitrogen and oxygen atoms in total. The zero-order chi connectivity index (χ0) is 24.4. The molecule has 1 aliphatic rings. The van der Waals surface area contributed by atoms with E-state index in [2.05, 4.69) is 5.32 Å². The fraction of sp³-hybridized carbons (Fsp3) is 0.652. The van der Waals surface area contributed by atoms with Gasteiger partial charge in [-0.05, 0) is 59.2 Å². The summed E-state index contributed by atoms with van der Waals surface area (Å²) in [6.07, 6.45) is -5.42. The van der Waals surface area contributed by atoms with Gasteiger partial charge in [-0.15, -0.1) is 0 Å². The van der Waals surface area contributed by atoms with Crippen molar-refractivity contribution < 1.29 is 39.1 Å². The van der Waals surface area contributed by atoms with Crippen molar-refractivity contribution in [3.63, 3.8) is 0 Å². The van der Waals surface area contributed by atoms with Crippen molar-refractivity contribution in [2.24, 2.45) is 11.3 Å². The molecule has 0 saturated carbocycles. The molecule has 0 aliphatic carbocycles. The predicted octanol–water partition coefficient (Wildman–Crippen LogP) is 2.53. The summed E-state index contributed by atoms with van der Waals surface area (Å²) in [5.41, 5.74) is 0.312. The van der Waals surface area contributed by atoms with Crippen molar-refractivity contribution >= 4 is 17.6 Å². The number of aliphatic hydroxyl groups excluding tert-OH is 2. The average Bonchev–Trinajstić information content (AvgIpc) is 2.65. The summed E-state index contributed by atoms with van der Waals surface area (Å²) in [5, 5.41) is 33.2. The molecule has 1 heterocycles. The monoisotopic (exact) mass is 453 g/mol. The molecule has 5 unspecified atom stereocenters. The zero-order valence-corrected chi connectivity index (χ0v) is 19.7. The van der Waals surface area contributed by atoms with Crippen LogP contribution in [0.4, 0.5) is 5.69 Å². The maximum atomic E-state index is 12.1. The molecule has 2 rings (SSSR count). The van der Waals surface area contributed by atoms with Crippen molar-refractivity contribution in [2.75, 3.05) is 5.32 Å². The van der Waals surface area contributed by atoms with Crippen LogP contribution in [-0.4, -0.2) is 57.4 Å². The molecule has 9 heteroatoms. The Morgan fingerprint density at radius 3 is 2.25 bits per heavy atom. The highest BCUT2D eigenvalue weighted by molar-refractivity contribution is 5.75. The number of carboxylic acid groups (broad SMARTS) is 1. The molecule has 0 spiro atoms. The van der Waals surface area contributed by atoms with Crippen molar-refractivity contribution in [1.29, 1.82) is 0 Å². The molecule has 0 bridgehead atoms. The lowest BCUT2D eigenvalue weighted by Gasteiger charge is -2.39. The molecule has 1 saturated heterocycles. The van der Waals surface area contributed by atoms with E-state index in [1.165, 1.54) is 6.92 Å². The minimum atomic E-state index is -1.52. The van der Waals surface area contributed by atoms with Gasteiger partial charge in [0.05, 0.1) is 17.2 Å². The highest BCUT2D eigenvalue weighted by Crippen LogP contribution is 2.34. The predicted molar refractivity (Wildman–Crippen MR) is 117 cm³/mol. The van der Waals surface area contributed by atoms with Crippen LogP contribution in [0.3, 0.4) is 0 Å². The lowest BCUT2D eigenvalue weighted by molar-refractivity contribution is -0.255. The zero-order valence-electron chi connectivity index (χ0n) is 19.7. The van der Waals surface area contributed by atoms with Crippen LogP contribution in [-0.2, 0) is 25.7 Å². The number of rotatable bonds is 6. The van der Waals surface area contributed by atoms with Crippen LogP contribution in [0, 0.1) is 11.3 Å². The molecule has 1 aromatic carbocycles. The summed E-state index contributed by atoms with van der Waals surface area (Å²) < 4.78 is 16.6. The molecule has 180 valence electrons. The van der Waals surface area contributed by atoms with Gasteiger partial charge in [-0.25, -0.2) is 4.79 Å². The smallest absolute Gasteiger partial charge is 0.335 e. The Kier molecular flexibility index (Phi) is 7.80. The molecule has 1 aromatic rings. The summed E-state index contributed by atoms with van der Waals surface area (Å²) >= 11 is 0. The fourth-order valence-electron chi connectivity index (χ4n) is 3.09. The van der Waals surface area contributed by atoms with Gasteiger partial charge >= 0.3 is 11.9 Å². The normalized spacial score (nSPS) is 26.3. The second kappa shape index (κ2) is 9.64. The number of aliphatic carboxylic acids is 1. The number of ether oxygens (including phenoxy) is 3. The van der Waals surface area contributed by atoms with E-state index in [-0.39, 0.29) is 18.1 Å². The maximum Gasteiger partial charge on any atom is 0.335 e. The van der Waals surface area contributed by atoms with Crippen molar-refractivity contribution in [3.05, 3.63) is 23.8 Å². The first-order valence-electron chi connectivity index (χ1n) is 10.6. The first-order chi connectivity index (χ1) is 14.6. The van der Waals surface area contributed by atoms with E-state index >= 15 is 0 Å². The second-order valence-electron chi connectivity index (χ2n) is 10.3. The number of nitrogens with one attached hydrogen (secondary N) is 1. The number of carboxylic acids is 1. The van der Waals surface area contributed by atoms with Crippen LogP contribution in [0.25, 0.3) is 0 Å². The molecule has 0 aromatic heterocycles. The van der Waals surface area contributed by atoms with E-state index in [0.717, 1.165) is 5.56 Å². The minimum absolute atomic E-state index is 0.0715. The number of carbonyl (C=O) groups excluding carboxylic acids is 1. The maximum absolute atomic E-state index is 12.1. The third-order valence-corrected chi connectivity index (χ3v) is 4.97. The molecular weight excluding hydrogens is 418 g/mol. The van der Waals surface area contributed by atoms with Crippen LogP contribution < -0.4 is 10.1 Å². The molecule has 1 aliphatic heterocycles. The van der Waals surface area contributed by atoms with Gasteiger partial charge in [0.25, 0.3) is 0 Å². The number of carbonyl (C=O) groups is 2. The minimum Gasteiger partial charge on any atom is -0.479 e. The van der Waals surface area contributed by atoms with E-state index in [1.54, 1.807) is 39.0 Å².